The zero-order valence-electron chi connectivity index (χ0n) is 50.3. The molecular weight excluding hydrogens is 1460 g/mol. The van der Waals surface area contributed by atoms with E-state index in [1.165, 1.54) is 117 Å². The average molecular weight is 1520 g/mol. The average Bonchev–Trinajstić information content (AvgIpc) is 1.75. The summed E-state index contributed by atoms with van der Waals surface area (Å²) in [6.45, 7) is 10.5. The highest BCUT2D eigenvalue weighted by atomic mass is 127. The molecule has 0 saturated heterocycles. The summed E-state index contributed by atoms with van der Waals surface area (Å²) in [5, 5.41) is 13.9. The molecule has 0 aliphatic carbocycles. The van der Waals surface area contributed by atoms with Crippen LogP contribution in [0, 0.1) is 44.4 Å². The number of aryl methyl sites for hydroxylation is 1. The SMILES string of the molecule is CC(C)Oc1ccc(Br)cc1F.CC(N)c1oc2cccc(F)c2c(=O)c1-c1cccc(F)c1.CC(c1oc2cccc(F)c2c(=O)c1-c1cccc(F)c1)n1nc(I)c2c(N)ncnc21.CCc1oc2cccc(F)c2c(=O)c1Br.COc1cccc(F)c1C(C)O. The third-order valence-electron chi connectivity index (χ3n) is 13.8. The van der Waals surface area contributed by atoms with Gasteiger partial charge >= 0.3 is 0 Å². The van der Waals surface area contributed by atoms with Crippen LogP contribution in [0.3, 0.4) is 0 Å². The van der Waals surface area contributed by atoms with E-state index in [-0.39, 0.29) is 84.3 Å². The zero-order chi connectivity index (χ0) is 67.7. The number of aliphatic hydroxyl groups excluding tert-OH is 1. The molecule has 0 aliphatic rings. The monoisotopic (exact) mass is 1520 g/mol. The summed E-state index contributed by atoms with van der Waals surface area (Å²) < 4.78 is 126. The van der Waals surface area contributed by atoms with E-state index in [2.05, 4.69) is 46.9 Å². The van der Waals surface area contributed by atoms with Crippen LogP contribution in [0.5, 0.6) is 11.5 Å². The summed E-state index contributed by atoms with van der Waals surface area (Å²) in [4.78, 5) is 46.2. The van der Waals surface area contributed by atoms with Gasteiger partial charge in [-0.3, -0.25) is 14.4 Å². The summed E-state index contributed by atoms with van der Waals surface area (Å²) in [7, 11) is 1.45. The van der Waals surface area contributed by atoms with Gasteiger partial charge in [-0.05, 0) is 175 Å². The van der Waals surface area contributed by atoms with Crippen LogP contribution in [-0.4, -0.2) is 38.1 Å². The fourth-order valence-electron chi connectivity index (χ4n) is 9.59. The molecule has 0 spiro atoms. The van der Waals surface area contributed by atoms with Crippen LogP contribution in [0.2, 0.25) is 0 Å². The van der Waals surface area contributed by atoms with Gasteiger partial charge in [0.1, 0.15) is 117 Å². The Bertz CT molecular complexity index is 4910. The van der Waals surface area contributed by atoms with E-state index in [0.717, 1.165) is 4.47 Å². The second-order valence-corrected chi connectivity index (χ2v) is 23.4. The number of ether oxygens (including phenoxy) is 2. The molecule has 0 amide bonds. The molecule has 7 aromatic carbocycles. The Morgan fingerprint density at radius 2 is 1.10 bits per heavy atom. The number of aliphatic hydroxyl groups is 1. The molecule has 0 aliphatic heterocycles. The quantitative estimate of drug-likeness (QED) is 0.0856. The first-order chi connectivity index (χ1) is 44.3. The molecule has 12 rings (SSSR count). The first kappa shape index (κ1) is 70.1. The second-order valence-electron chi connectivity index (χ2n) is 20.7. The van der Waals surface area contributed by atoms with Crippen LogP contribution >= 0.6 is 54.5 Å². The molecule has 5 N–H and O–H groups in total. The van der Waals surface area contributed by atoms with Crippen molar-refractivity contribution in [1.82, 2.24) is 19.7 Å². The van der Waals surface area contributed by atoms with Crippen LogP contribution < -0.4 is 37.2 Å². The van der Waals surface area contributed by atoms with Gasteiger partial charge in [0.15, 0.2) is 17.2 Å². The Balaban J connectivity index is 0.000000159. The van der Waals surface area contributed by atoms with Gasteiger partial charge in [-0.1, -0.05) is 71.4 Å². The molecule has 15 nitrogen and oxygen atoms in total. The molecule has 482 valence electrons. The van der Waals surface area contributed by atoms with E-state index >= 15 is 0 Å². The smallest absolute Gasteiger partial charge is 0.210 e. The lowest BCUT2D eigenvalue weighted by molar-refractivity contribution is 0.189. The van der Waals surface area contributed by atoms with E-state index in [4.69, 9.17) is 34.2 Å². The number of nitrogens with two attached hydrogens (primary N) is 2. The summed E-state index contributed by atoms with van der Waals surface area (Å²) in [5.74, 6) is -1.87. The summed E-state index contributed by atoms with van der Waals surface area (Å²) in [5.41, 5.74) is 12.2. The van der Waals surface area contributed by atoms with Gasteiger partial charge in [0.05, 0.1) is 47.4 Å². The molecule has 12 aromatic rings. The lowest BCUT2D eigenvalue weighted by Gasteiger charge is -2.17. The zero-order valence-corrected chi connectivity index (χ0v) is 55.6. The predicted molar refractivity (Wildman–Crippen MR) is 358 cm³/mol. The number of benzene rings is 7. The first-order valence-electron chi connectivity index (χ1n) is 28.2. The molecule has 93 heavy (non-hydrogen) atoms. The van der Waals surface area contributed by atoms with E-state index in [1.807, 2.05) is 43.4 Å². The van der Waals surface area contributed by atoms with Crippen molar-refractivity contribution in [2.24, 2.45) is 5.73 Å². The molecular formula is C68H56Br2F7IN6O9. The maximum Gasteiger partial charge on any atom is 0.210 e. The van der Waals surface area contributed by atoms with Crippen molar-refractivity contribution >= 4 is 104 Å². The number of halogens is 10. The minimum atomic E-state index is -0.846. The second kappa shape index (κ2) is 30.8. The molecule has 0 saturated carbocycles. The highest BCUT2D eigenvalue weighted by molar-refractivity contribution is 14.1. The van der Waals surface area contributed by atoms with Crippen LogP contribution in [0.1, 0.15) is 82.6 Å². The Hall–Kier alpha value is -8.76. The number of methoxy groups -OCH3 is 1. The van der Waals surface area contributed by atoms with Gasteiger partial charge in [0.25, 0.3) is 0 Å². The van der Waals surface area contributed by atoms with Crippen LogP contribution in [-0.2, 0) is 6.42 Å². The Morgan fingerprint density at radius 1 is 0.602 bits per heavy atom. The lowest BCUT2D eigenvalue weighted by atomic mass is 9.99. The van der Waals surface area contributed by atoms with Crippen LogP contribution in [0.15, 0.2) is 182 Å². The molecule has 3 atom stereocenters. The summed E-state index contributed by atoms with van der Waals surface area (Å²) >= 11 is 8.31. The Labute approximate surface area is 556 Å². The normalized spacial score (nSPS) is 12.0. The largest absolute Gasteiger partial charge is 0.496 e. The van der Waals surface area contributed by atoms with E-state index < -0.39 is 63.9 Å². The van der Waals surface area contributed by atoms with Crippen molar-refractivity contribution in [3.63, 3.8) is 0 Å². The fourth-order valence-corrected chi connectivity index (χ4v) is 11.2. The fraction of sp³-hybridized carbons (Fsp3) is 0.176. The van der Waals surface area contributed by atoms with Gasteiger partial charge < -0.3 is 39.3 Å². The molecule has 5 heterocycles. The maximum atomic E-state index is 14.6. The summed E-state index contributed by atoms with van der Waals surface area (Å²) in [6.07, 6.45) is 1.06. The predicted octanol–water partition coefficient (Wildman–Crippen LogP) is 17.0. The highest BCUT2D eigenvalue weighted by Gasteiger charge is 2.28. The van der Waals surface area contributed by atoms with Gasteiger partial charge in [0.2, 0.25) is 16.3 Å². The number of hydrogen-bond donors (Lipinski definition) is 3. The number of rotatable bonds is 10. The number of anilines is 1. The van der Waals surface area contributed by atoms with E-state index in [9.17, 15) is 50.2 Å². The van der Waals surface area contributed by atoms with Gasteiger partial charge in [-0.2, -0.15) is 5.10 Å². The number of hydrogen-bond acceptors (Lipinski definition) is 14. The number of nitrogen functional groups attached to an aromatic ring is 1. The molecule has 5 aromatic heterocycles. The van der Waals surface area contributed by atoms with E-state index in [0.29, 0.717) is 54.0 Å². The Kier molecular flexibility index (Phi) is 23.2. The third-order valence-corrected chi connectivity index (χ3v) is 15.8. The molecule has 25 heteroatoms. The first-order valence-corrected chi connectivity index (χ1v) is 30.9. The number of fused-ring (bicyclic) bond motifs is 4. The topological polar surface area (TPSA) is 225 Å². The third kappa shape index (κ3) is 15.8. The van der Waals surface area contributed by atoms with Crippen molar-refractivity contribution in [2.75, 3.05) is 12.8 Å². The standard InChI is InChI=1S/C22H14F2IN5O2.C17H13F2NO2.C11H8BrFO2.C9H10BrFO.C9H11FO2/c1-10(30-22-17(20(25)29-30)21(26)27-9-28-22)19-15(11-4-2-5-12(23)8-11)18(31)16-13(24)6-3-7-14(16)32-19;1-9(20)17-14(10-4-2-5-11(18)8-10)16(21)15-12(19)6-3-7-13(15)22-17;1-2-7-10(12)11(14)9-6(13)4-3-5-8(9)15-7;1-6(2)12-9-4-3-7(10)5-8(9)11;1-6(11)9-7(10)4-3-5-8(9)12-2/h2-10H,1H3,(H2,26,27,28);2-9H,20H2,1H3;3-5H,2H2,1H3;3-6H,1-2H3;3-6,11H,1-2H3. The van der Waals surface area contributed by atoms with Crippen molar-refractivity contribution in [3.8, 4) is 33.8 Å². The minimum Gasteiger partial charge on any atom is -0.496 e. The highest BCUT2D eigenvalue weighted by Crippen LogP contribution is 2.36. The van der Waals surface area contributed by atoms with Crippen LogP contribution in [0.25, 0.3) is 66.2 Å². The number of aromatic nitrogens is 4. The maximum absolute atomic E-state index is 14.6. The molecule has 0 radical (unpaired) electrons. The molecule has 0 bridgehead atoms. The van der Waals surface area contributed by atoms with Gasteiger partial charge in [0, 0.05) is 10.9 Å². The van der Waals surface area contributed by atoms with Crippen molar-refractivity contribution in [1.29, 1.82) is 0 Å². The van der Waals surface area contributed by atoms with Crippen LogP contribution in [0.4, 0.5) is 36.6 Å². The van der Waals surface area contributed by atoms with Gasteiger partial charge in [-0.25, -0.2) is 45.4 Å². The van der Waals surface area contributed by atoms with Crippen molar-refractivity contribution in [2.45, 2.75) is 72.3 Å². The molecule has 0 fully saturated rings. The van der Waals surface area contributed by atoms with Gasteiger partial charge in [-0.15, -0.1) is 0 Å². The van der Waals surface area contributed by atoms with E-state index in [1.54, 1.807) is 61.0 Å². The van der Waals surface area contributed by atoms with Crippen molar-refractivity contribution < 1.29 is 58.6 Å². The Morgan fingerprint density at radius 3 is 1.58 bits per heavy atom. The lowest BCUT2D eigenvalue weighted by Crippen LogP contribution is -2.17. The number of nitrogens with zero attached hydrogens (tertiary/aromatic N) is 4. The summed E-state index contributed by atoms with van der Waals surface area (Å²) in [6, 6.07) is 31.6. The minimum absolute atomic E-state index is 0.000625. The molecule has 3 unspecified atom stereocenters. The van der Waals surface area contributed by atoms with Crippen molar-refractivity contribution in [3.05, 3.63) is 253 Å².